The van der Waals surface area contributed by atoms with Crippen LogP contribution in [0.25, 0.3) is 0 Å². The largest absolute Gasteiger partial charge is 0.494 e. The maximum Gasteiger partial charge on any atom is 0.250 e. The van der Waals surface area contributed by atoms with Crippen LogP contribution in [-0.2, 0) is 19.1 Å². The number of nitrogens with zero attached hydrogens (tertiary/aromatic N) is 1. The molecule has 1 spiro atoms. The fraction of sp³-hybridized carbons (Fsp3) is 0.483. The molecule has 0 aromatic heterocycles. The molecule has 2 aromatic carbocycles. The van der Waals surface area contributed by atoms with Gasteiger partial charge in [-0.1, -0.05) is 39.7 Å². The number of anilines is 2. The SMILES string of the molecule is CCOc1ccc(NC(=O)[C@H]2[C@@H]3OC4(CC3Br)C(C(=O)Nc3c(C)cccc3Cl)N(CCCCO)C(=O)[C@H]24)cc1. The first-order valence-corrected chi connectivity index (χ1v) is 14.8. The smallest absolute Gasteiger partial charge is 0.250 e. The Morgan fingerprint density at radius 1 is 1.18 bits per heavy atom. The number of benzene rings is 2. The van der Waals surface area contributed by atoms with Crippen molar-refractivity contribution >= 4 is 56.6 Å². The van der Waals surface area contributed by atoms with Gasteiger partial charge in [-0.15, -0.1) is 0 Å². The highest BCUT2D eigenvalue weighted by Gasteiger charge is 2.76. The van der Waals surface area contributed by atoms with Crippen LogP contribution in [0.3, 0.4) is 0 Å². The van der Waals surface area contributed by atoms with Gasteiger partial charge >= 0.3 is 0 Å². The number of hydrogen-bond donors (Lipinski definition) is 3. The molecule has 5 rings (SSSR count). The van der Waals surface area contributed by atoms with Gasteiger partial charge < -0.3 is 30.1 Å². The molecule has 3 heterocycles. The number of carbonyl (C=O) groups is 3. The van der Waals surface area contributed by atoms with E-state index in [1.807, 2.05) is 19.9 Å². The summed E-state index contributed by atoms with van der Waals surface area (Å²) >= 11 is 10.1. The molecule has 9 nitrogen and oxygen atoms in total. The van der Waals surface area contributed by atoms with Gasteiger partial charge in [0.05, 0.1) is 35.3 Å². The normalized spacial score (nSPS) is 28.5. The van der Waals surface area contributed by atoms with Crippen LogP contribution in [0.15, 0.2) is 42.5 Å². The van der Waals surface area contributed by atoms with Crippen molar-refractivity contribution in [3.63, 3.8) is 0 Å². The van der Waals surface area contributed by atoms with Crippen molar-refractivity contribution in [3.05, 3.63) is 53.1 Å². The maximum absolute atomic E-state index is 14.0. The molecule has 3 fully saturated rings. The number of fused-ring (bicyclic) bond motifs is 1. The molecule has 6 atom stereocenters. The van der Waals surface area contributed by atoms with Crippen molar-refractivity contribution in [3.8, 4) is 5.75 Å². The lowest BCUT2D eigenvalue weighted by Crippen LogP contribution is -2.54. The molecule has 3 amide bonds. The van der Waals surface area contributed by atoms with Gasteiger partial charge in [-0.25, -0.2) is 0 Å². The average Bonchev–Trinajstić information content (AvgIpc) is 3.51. The Hall–Kier alpha value is -2.66. The number of hydrogen-bond acceptors (Lipinski definition) is 6. The summed E-state index contributed by atoms with van der Waals surface area (Å²) in [4.78, 5) is 43.0. The summed E-state index contributed by atoms with van der Waals surface area (Å²) in [6.07, 6.45) is 0.806. The fourth-order valence-corrected chi connectivity index (χ4v) is 7.58. The number of nitrogens with one attached hydrogen (secondary N) is 2. The number of amides is 3. The summed E-state index contributed by atoms with van der Waals surface area (Å²) in [6.45, 7) is 4.50. The van der Waals surface area contributed by atoms with Crippen molar-refractivity contribution in [1.29, 1.82) is 0 Å². The molecule has 3 unspecified atom stereocenters. The third kappa shape index (κ3) is 5.00. The van der Waals surface area contributed by atoms with Crippen LogP contribution in [0, 0.1) is 18.8 Å². The van der Waals surface area contributed by atoms with Crippen LogP contribution in [0.5, 0.6) is 5.75 Å². The second kappa shape index (κ2) is 11.7. The summed E-state index contributed by atoms with van der Waals surface area (Å²) in [6, 6.07) is 11.4. The second-order valence-corrected chi connectivity index (χ2v) is 12.1. The Kier molecular flexibility index (Phi) is 8.42. The minimum Gasteiger partial charge on any atom is -0.494 e. The Morgan fingerprint density at radius 3 is 2.60 bits per heavy atom. The van der Waals surface area contributed by atoms with E-state index in [-0.39, 0.29) is 29.8 Å². The molecule has 214 valence electrons. The number of ether oxygens (including phenoxy) is 2. The summed E-state index contributed by atoms with van der Waals surface area (Å²) in [7, 11) is 0. The molecule has 0 radical (unpaired) electrons. The number of halogens is 2. The Morgan fingerprint density at radius 2 is 1.93 bits per heavy atom. The zero-order chi connectivity index (χ0) is 28.6. The van der Waals surface area contributed by atoms with Crippen LogP contribution in [-0.4, -0.2) is 70.1 Å². The van der Waals surface area contributed by atoms with Crippen LogP contribution < -0.4 is 15.4 Å². The molecule has 3 saturated heterocycles. The molecule has 0 saturated carbocycles. The number of rotatable bonds is 10. The number of aliphatic hydroxyl groups excluding tert-OH is 1. The Bertz CT molecular complexity index is 1270. The number of para-hydroxylation sites is 1. The Balaban J connectivity index is 1.46. The molecular formula is C29H33BrClN3O6. The quantitative estimate of drug-likeness (QED) is 0.267. The van der Waals surface area contributed by atoms with Crippen molar-refractivity contribution in [2.45, 2.75) is 55.7 Å². The van der Waals surface area contributed by atoms with Gasteiger partial charge in [0.25, 0.3) is 0 Å². The predicted molar refractivity (Wildman–Crippen MR) is 155 cm³/mol. The lowest BCUT2D eigenvalue weighted by atomic mass is 9.70. The summed E-state index contributed by atoms with van der Waals surface area (Å²) < 4.78 is 12.0. The number of aliphatic hydroxyl groups is 1. The molecule has 2 bridgehead atoms. The van der Waals surface area contributed by atoms with Gasteiger partial charge in [0.2, 0.25) is 17.7 Å². The zero-order valence-electron chi connectivity index (χ0n) is 22.4. The lowest BCUT2D eigenvalue weighted by Gasteiger charge is -2.34. The second-order valence-electron chi connectivity index (χ2n) is 10.5. The topological polar surface area (TPSA) is 117 Å². The van der Waals surface area contributed by atoms with E-state index in [0.717, 1.165) is 5.56 Å². The minimum absolute atomic E-state index is 0.0263. The number of aryl methyl sites for hydroxylation is 1. The highest BCUT2D eigenvalue weighted by Crippen LogP contribution is 2.60. The van der Waals surface area contributed by atoms with Crippen molar-refractivity contribution in [1.82, 2.24) is 4.90 Å². The number of alkyl halides is 1. The van der Waals surface area contributed by atoms with Gasteiger partial charge in [-0.2, -0.15) is 0 Å². The van der Waals surface area contributed by atoms with E-state index in [9.17, 15) is 19.5 Å². The third-order valence-corrected chi connectivity index (χ3v) is 9.21. The van der Waals surface area contributed by atoms with E-state index in [4.69, 9.17) is 21.1 Å². The van der Waals surface area contributed by atoms with Gasteiger partial charge in [-0.05, 0) is 69.0 Å². The fourth-order valence-electron chi connectivity index (χ4n) is 6.37. The summed E-state index contributed by atoms with van der Waals surface area (Å²) in [5.74, 6) is -1.97. The molecular weight excluding hydrogens is 602 g/mol. The monoisotopic (exact) mass is 633 g/mol. The minimum atomic E-state index is -1.19. The lowest BCUT2D eigenvalue weighted by molar-refractivity contribution is -0.139. The molecule has 3 N–H and O–H groups in total. The van der Waals surface area contributed by atoms with Crippen molar-refractivity contribution < 1.29 is 29.0 Å². The summed E-state index contributed by atoms with van der Waals surface area (Å²) in [5.41, 5.74) is 0.651. The number of unbranched alkanes of at least 4 members (excludes halogenated alkanes) is 1. The van der Waals surface area contributed by atoms with E-state index in [0.29, 0.717) is 48.0 Å². The number of carbonyl (C=O) groups excluding carboxylic acids is 3. The molecule has 2 aromatic rings. The maximum atomic E-state index is 14.0. The van der Waals surface area contributed by atoms with Crippen LogP contribution >= 0.6 is 27.5 Å². The predicted octanol–water partition coefficient (Wildman–Crippen LogP) is 4.14. The van der Waals surface area contributed by atoms with Gasteiger partial charge in [0.1, 0.15) is 17.4 Å². The Labute approximate surface area is 246 Å². The van der Waals surface area contributed by atoms with Crippen LogP contribution in [0.4, 0.5) is 11.4 Å². The third-order valence-electron chi connectivity index (χ3n) is 8.05. The molecule has 0 aliphatic carbocycles. The van der Waals surface area contributed by atoms with Gasteiger partial charge in [-0.3, -0.25) is 14.4 Å². The molecule has 3 aliphatic heterocycles. The van der Waals surface area contributed by atoms with Crippen molar-refractivity contribution in [2.75, 3.05) is 30.4 Å². The van der Waals surface area contributed by atoms with E-state index < -0.39 is 35.5 Å². The van der Waals surface area contributed by atoms with E-state index in [1.165, 1.54) is 4.90 Å². The zero-order valence-corrected chi connectivity index (χ0v) is 24.7. The van der Waals surface area contributed by atoms with Gasteiger partial charge in [0, 0.05) is 23.7 Å². The first-order valence-electron chi connectivity index (χ1n) is 13.5. The van der Waals surface area contributed by atoms with E-state index in [1.54, 1.807) is 36.4 Å². The van der Waals surface area contributed by atoms with Crippen LogP contribution in [0.1, 0.15) is 31.7 Å². The van der Waals surface area contributed by atoms with Crippen molar-refractivity contribution in [2.24, 2.45) is 11.8 Å². The number of likely N-dealkylation sites (tertiary alicyclic amines) is 1. The van der Waals surface area contributed by atoms with Gasteiger partial charge in [0.15, 0.2) is 0 Å². The average molecular weight is 635 g/mol. The van der Waals surface area contributed by atoms with Crippen LogP contribution in [0.2, 0.25) is 5.02 Å². The standard InChI is InChI=1S/C29H33BrClN3O6/c1-3-39-18-11-9-17(10-12-18)32-26(36)21-22-28(38)34(13-4-5-14-35)25(29(22)15-19(30)24(21)40-29)27(37)33-23-16(2)7-6-8-20(23)31/h6-12,19,21-22,24-25,35H,3-5,13-15H2,1-2H3,(H,32,36)(H,33,37)/t19?,21-,22+,24-,25?,29?/m1/s1. The summed E-state index contributed by atoms with van der Waals surface area (Å²) in [5, 5.41) is 15.6. The highest BCUT2D eigenvalue weighted by atomic mass is 79.9. The molecule has 40 heavy (non-hydrogen) atoms. The highest BCUT2D eigenvalue weighted by molar-refractivity contribution is 9.09. The molecule has 3 aliphatic rings. The first kappa shape index (κ1) is 28.9. The molecule has 11 heteroatoms. The van der Waals surface area contributed by atoms with E-state index >= 15 is 0 Å². The first-order chi connectivity index (χ1) is 19.2. The van der Waals surface area contributed by atoms with E-state index in [2.05, 4.69) is 26.6 Å².